The van der Waals surface area contributed by atoms with Gasteiger partial charge in [-0.1, -0.05) is 54.1 Å². The van der Waals surface area contributed by atoms with Crippen LogP contribution in [0, 0.1) is 0 Å². The Morgan fingerprint density at radius 1 is 0.970 bits per heavy atom. The summed E-state index contributed by atoms with van der Waals surface area (Å²) in [6, 6.07) is 22.5. The molecule has 0 N–H and O–H groups in total. The van der Waals surface area contributed by atoms with E-state index in [4.69, 9.17) is 33.3 Å². The molecule has 1 heterocycles. The molecule has 0 radical (unpaired) electrons. The molecule has 0 bridgehead atoms. The van der Waals surface area contributed by atoms with E-state index in [1.807, 2.05) is 79.7 Å². The van der Waals surface area contributed by atoms with Crippen LogP contribution in [0.25, 0.3) is 6.08 Å². The minimum Gasteiger partial charge on any atom is -0.490 e. The first-order valence-electron chi connectivity index (χ1n) is 10.5. The summed E-state index contributed by atoms with van der Waals surface area (Å²) >= 11 is 11.8. The Labute approximate surface area is 203 Å². The van der Waals surface area contributed by atoms with Gasteiger partial charge in [0.1, 0.15) is 12.3 Å². The van der Waals surface area contributed by atoms with E-state index in [0.717, 1.165) is 16.8 Å². The molecule has 3 aromatic carbocycles. The van der Waals surface area contributed by atoms with Crippen molar-refractivity contribution >= 4 is 46.6 Å². The predicted octanol–water partition coefficient (Wildman–Crippen LogP) is 5.92. The highest BCUT2D eigenvalue weighted by atomic mass is 35.5. The molecule has 3 aromatic rings. The maximum atomic E-state index is 13.2. The van der Waals surface area contributed by atoms with E-state index < -0.39 is 0 Å². The quantitative estimate of drug-likeness (QED) is 0.311. The van der Waals surface area contributed by atoms with Crippen molar-refractivity contribution in [3.63, 3.8) is 0 Å². The van der Waals surface area contributed by atoms with Crippen LogP contribution in [-0.2, 0) is 11.4 Å². The van der Waals surface area contributed by atoms with Gasteiger partial charge in [-0.25, -0.2) is 0 Å². The number of carbonyl (C=O) groups is 1. The smallest absolute Gasteiger partial charge is 0.281 e. The Morgan fingerprint density at radius 3 is 2.42 bits per heavy atom. The van der Waals surface area contributed by atoms with Crippen molar-refractivity contribution < 1.29 is 14.3 Å². The highest BCUT2D eigenvalue weighted by molar-refractivity contribution is 7.80. The molecule has 0 atom stereocenters. The third kappa shape index (κ3) is 4.87. The van der Waals surface area contributed by atoms with E-state index in [1.165, 1.54) is 4.90 Å². The first kappa shape index (κ1) is 22.8. The molecule has 0 spiro atoms. The monoisotopic (exact) mass is 478 g/mol. The van der Waals surface area contributed by atoms with Crippen molar-refractivity contribution in [1.82, 2.24) is 4.90 Å². The van der Waals surface area contributed by atoms with E-state index in [0.29, 0.717) is 40.5 Å². The Hall–Kier alpha value is -3.35. The van der Waals surface area contributed by atoms with Crippen molar-refractivity contribution in [1.29, 1.82) is 0 Å². The number of anilines is 1. The first-order valence-corrected chi connectivity index (χ1v) is 11.3. The summed E-state index contributed by atoms with van der Waals surface area (Å²) in [6.07, 6.45) is 1.80. The van der Waals surface area contributed by atoms with E-state index in [1.54, 1.807) is 18.0 Å². The topological polar surface area (TPSA) is 42.0 Å². The largest absolute Gasteiger partial charge is 0.490 e. The van der Waals surface area contributed by atoms with E-state index in [-0.39, 0.29) is 5.91 Å². The summed E-state index contributed by atoms with van der Waals surface area (Å²) in [7, 11) is 1.79. The van der Waals surface area contributed by atoms with Crippen molar-refractivity contribution in [2.45, 2.75) is 13.5 Å². The maximum absolute atomic E-state index is 13.2. The average Bonchev–Trinajstić information content (AvgIpc) is 3.03. The lowest BCUT2D eigenvalue weighted by atomic mass is 10.1. The van der Waals surface area contributed by atoms with Crippen molar-refractivity contribution in [2.24, 2.45) is 0 Å². The number of carbonyl (C=O) groups excluding carboxylic acids is 1. The average molecular weight is 479 g/mol. The highest BCUT2D eigenvalue weighted by Crippen LogP contribution is 2.33. The molecule has 1 amide bonds. The van der Waals surface area contributed by atoms with Crippen molar-refractivity contribution in [2.75, 3.05) is 18.6 Å². The summed E-state index contributed by atoms with van der Waals surface area (Å²) in [5.41, 5.74) is 2.91. The molecule has 168 valence electrons. The lowest BCUT2D eigenvalue weighted by Gasteiger charge is -2.16. The second-order valence-corrected chi connectivity index (χ2v) is 8.14. The minimum absolute atomic E-state index is 0.175. The molecule has 1 fully saturated rings. The Morgan fingerprint density at radius 2 is 1.70 bits per heavy atom. The molecule has 0 unspecified atom stereocenters. The van der Waals surface area contributed by atoms with Gasteiger partial charge in [0.05, 0.1) is 12.3 Å². The lowest BCUT2D eigenvalue weighted by Crippen LogP contribution is -2.30. The lowest BCUT2D eigenvalue weighted by molar-refractivity contribution is -0.114. The third-order valence-electron chi connectivity index (χ3n) is 5.19. The molecule has 33 heavy (non-hydrogen) atoms. The molecule has 1 saturated heterocycles. The number of ether oxygens (including phenoxy) is 2. The predicted molar refractivity (Wildman–Crippen MR) is 136 cm³/mol. The van der Waals surface area contributed by atoms with Gasteiger partial charge >= 0.3 is 0 Å². The zero-order valence-corrected chi connectivity index (χ0v) is 19.9. The molecule has 7 heteroatoms. The minimum atomic E-state index is -0.175. The number of nitrogens with zero attached hydrogens (tertiary/aromatic N) is 2. The molecule has 0 saturated carbocycles. The summed E-state index contributed by atoms with van der Waals surface area (Å²) < 4.78 is 11.8. The van der Waals surface area contributed by atoms with Gasteiger partial charge in [0, 0.05) is 17.6 Å². The molecule has 4 rings (SSSR count). The van der Waals surface area contributed by atoms with Gasteiger partial charge in [-0.2, -0.15) is 0 Å². The summed E-state index contributed by atoms with van der Waals surface area (Å²) in [4.78, 5) is 16.4. The number of likely N-dealkylation sites (N-methyl/N-ethyl adjacent to an activating group) is 1. The number of amides is 1. The molecule has 1 aliphatic rings. The standard InChI is InChI=1S/C26H23ClN2O3S/c1-3-31-24-16-18(13-14-23(24)32-17-19-9-7-8-12-21(19)27)15-22-25(30)29(26(33)28(22)2)20-10-5-4-6-11-20/h4-16H,3,17H2,1-2H3/b22-15-. The van der Waals surface area contributed by atoms with Crippen LogP contribution in [0.15, 0.2) is 78.5 Å². The number of hydrogen-bond acceptors (Lipinski definition) is 4. The number of halogens is 1. The Kier molecular flexibility index (Phi) is 6.96. The number of benzene rings is 3. The number of rotatable bonds is 7. The molecular formula is C26H23ClN2O3S. The number of thiocarbonyl (C=S) groups is 1. The second kappa shape index (κ2) is 10.1. The van der Waals surface area contributed by atoms with Crippen LogP contribution in [0.3, 0.4) is 0 Å². The summed E-state index contributed by atoms with van der Waals surface area (Å²) in [5, 5.41) is 1.08. The molecule has 0 aromatic heterocycles. The fourth-order valence-electron chi connectivity index (χ4n) is 3.49. The summed E-state index contributed by atoms with van der Waals surface area (Å²) in [5.74, 6) is 1.02. The second-order valence-electron chi connectivity index (χ2n) is 7.37. The number of hydrogen-bond donors (Lipinski definition) is 0. The van der Waals surface area contributed by atoms with Crippen LogP contribution < -0.4 is 14.4 Å². The number of para-hydroxylation sites is 1. The fraction of sp³-hybridized carbons (Fsp3) is 0.154. The molecule has 5 nitrogen and oxygen atoms in total. The van der Waals surface area contributed by atoms with E-state index in [9.17, 15) is 4.79 Å². The van der Waals surface area contributed by atoms with Crippen LogP contribution in [0.5, 0.6) is 11.5 Å². The van der Waals surface area contributed by atoms with E-state index in [2.05, 4.69) is 0 Å². The van der Waals surface area contributed by atoms with Crippen LogP contribution >= 0.6 is 23.8 Å². The van der Waals surface area contributed by atoms with Gasteiger partial charge in [-0.3, -0.25) is 9.69 Å². The van der Waals surface area contributed by atoms with Crippen LogP contribution in [-0.4, -0.2) is 29.6 Å². The van der Waals surface area contributed by atoms with Gasteiger partial charge in [-0.05, 0) is 61.1 Å². The summed E-state index contributed by atoms with van der Waals surface area (Å²) in [6.45, 7) is 2.71. The van der Waals surface area contributed by atoms with E-state index >= 15 is 0 Å². The van der Waals surface area contributed by atoms with Crippen LogP contribution in [0.4, 0.5) is 5.69 Å². The van der Waals surface area contributed by atoms with Crippen LogP contribution in [0.1, 0.15) is 18.1 Å². The first-order chi connectivity index (χ1) is 16.0. The van der Waals surface area contributed by atoms with Gasteiger partial charge in [0.2, 0.25) is 0 Å². The van der Waals surface area contributed by atoms with Crippen molar-refractivity contribution in [3.8, 4) is 11.5 Å². The molecular weight excluding hydrogens is 456 g/mol. The fourth-order valence-corrected chi connectivity index (χ4v) is 3.97. The van der Waals surface area contributed by atoms with Gasteiger partial charge < -0.3 is 14.4 Å². The SMILES string of the molecule is CCOc1cc(/C=C2/C(=O)N(c3ccccc3)C(=S)N2C)ccc1OCc1ccccc1Cl. The molecule has 0 aliphatic carbocycles. The van der Waals surface area contributed by atoms with Gasteiger partial charge in [0.15, 0.2) is 16.6 Å². The van der Waals surface area contributed by atoms with Gasteiger partial charge in [0.25, 0.3) is 5.91 Å². The van der Waals surface area contributed by atoms with Gasteiger partial charge in [-0.15, -0.1) is 0 Å². The Bertz CT molecular complexity index is 1210. The highest BCUT2D eigenvalue weighted by Gasteiger charge is 2.36. The molecule has 1 aliphatic heterocycles. The zero-order chi connectivity index (χ0) is 23.4. The zero-order valence-electron chi connectivity index (χ0n) is 18.3. The normalized spacial score (nSPS) is 14.8. The Balaban J connectivity index is 1.60. The third-order valence-corrected chi connectivity index (χ3v) is 6.01. The van der Waals surface area contributed by atoms with Crippen LogP contribution in [0.2, 0.25) is 5.02 Å². The maximum Gasteiger partial charge on any atom is 0.281 e. The van der Waals surface area contributed by atoms with Crippen molar-refractivity contribution in [3.05, 3.63) is 94.6 Å².